The molecule has 0 heterocycles. The summed E-state index contributed by atoms with van der Waals surface area (Å²) in [7, 11) is 4.59. The van der Waals surface area contributed by atoms with Gasteiger partial charge in [-0.25, -0.2) is 0 Å². The molecule has 3 atom stereocenters. The van der Waals surface area contributed by atoms with Gasteiger partial charge in [0.25, 0.3) is 0 Å². The minimum atomic E-state index is -1.74. The van der Waals surface area contributed by atoms with Crippen molar-refractivity contribution in [2.75, 3.05) is 21.3 Å². The number of methoxy groups -OCH3 is 3. The summed E-state index contributed by atoms with van der Waals surface area (Å²) in [4.78, 5) is 0. The average molecular weight is 447 g/mol. The van der Waals surface area contributed by atoms with E-state index in [0.29, 0.717) is 35.2 Å². The molecule has 7 heteroatoms. The molecule has 0 aliphatic heterocycles. The summed E-state index contributed by atoms with van der Waals surface area (Å²) in [5.74, 6) is 0.779. The Morgan fingerprint density at radius 1 is 0.970 bits per heavy atom. The molecule has 3 rings (SSSR count). The van der Waals surface area contributed by atoms with Crippen molar-refractivity contribution in [1.82, 2.24) is 0 Å². The maximum Gasteiger partial charge on any atom is 0.191 e. The predicted octanol–water partition coefficient (Wildman–Crippen LogP) is 4.58. The van der Waals surface area contributed by atoms with Gasteiger partial charge in [-0.2, -0.15) is 15.8 Å². The molecule has 7 nitrogen and oxygen atoms in total. The lowest BCUT2D eigenvalue weighted by Crippen LogP contribution is -2.44. The third kappa shape index (κ3) is 3.66. The molecular formula is C26H30N4O3. The Morgan fingerprint density at radius 3 is 2.03 bits per heavy atom. The van der Waals surface area contributed by atoms with Crippen LogP contribution in [0.3, 0.4) is 0 Å². The summed E-state index contributed by atoms with van der Waals surface area (Å²) in [6, 6.07) is 10.0. The number of ether oxygens (including phenoxy) is 3. The molecule has 172 valence electrons. The van der Waals surface area contributed by atoms with Gasteiger partial charge in [0.2, 0.25) is 0 Å². The average Bonchev–Trinajstić information content (AvgIpc) is 2.81. The number of hydrogen-bond donors (Lipinski definition) is 1. The zero-order valence-electron chi connectivity index (χ0n) is 20.0. The second kappa shape index (κ2) is 8.72. The van der Waals surface area contributed by atoms with Crippen LogP contribution in [0.2, 0.25) is 0 Å². The smallest absolute Gasteiger partial charge is 0.191 e. The van der Waals surface area contributed by atoms with Crippen LogP contribution in [-0.2, 0) is 0 Å². The number of rotatable bonds is 4. The van der Waals surface area contributed by atoms with E-state index in [2.05, 4.69) is 45.1 Å². The van der Waals surface area contributed by atoms with Crippen molar-refractivity contribution in [3.63, 3.8) is 0 Å². The normalized spacial score (nSPS) is 23.8. The van der Waals surface area contributed by atoms with Crippen LogP contribution in [0.5, 0.6) is 17.2 Å². The van der Waals surface area contributed by atoms with Crippen LogP contribution in [0, 0.1) is 56.7 Å². The van der Waals surface area contributed by atoms with Crippen molar-refractivity contribution in [3.8, 4) is 35.5 Å². The molecular weight excluding hydrogens is 416 g/mol. The van der Waals surface area contributed by atoms with Gasteiger partial charge in [-0.15, -0.1) is 0 Å². The Labute approximate surface area is 195 Å². The first-order valence-corrected chi connectivity index (χ1v) is 10.9. The lowest BCUT2D eigenvalue weighted by atomic mass is 9.54. The predicted molar refractivity (Wildman–Crippen MR) is 123 cm³/mol. The van der Waals surface area contributed by atoms with Gasteiger partial charge in [-0.05, 0) is 41.7 Å². The molecule has 0 unspecified atom stereocenters. The van der Waals surface area contributed by atoms with Crippen molar-refractivity contribution in [2.24, 2.45) is 28.4 Å². The van der Waals surface area contributed by atoms with E-state index in [1.165, 1.54) is 21.3 Å². The summed E-state index contributed by atoms with van der Waals surface area (Å²) in [5, 5.41) is 30.7. The van der Waals surface area contributed by atoms with Crippen molar-refractivity contribution in [1.29, 1.82) is 15.8 Å². The number of fused-ring (bicyclic) bond motifs is 1. The Balaban J connectivity index is 2.39. The summed E-state index contributed by atoms with van der Waals surface area (Å²) < 4.78 is 16.6. The van der Waals surface area contributed by atoms with Gasteiger partial charge in [0.1, 0.15) is 11.8 Å². The molecule has 2 aliphatic carbocycles. The van der Waals surface area contributed by atoms with E-state index in [4.69, 9.17) is 19.9 Å². The van der Waals surface area contributed by atoms with Crippen molar-refractivity contribution in [3.05, 3.63) is 40.6 Å². The first kappa shape index (κ1) is 24.0. The van der Waals surface area contributed by atoms with Crippen LogP contribution >= 0.6 is 0 Å². The molecule has 0 radical (unpaired) electrons. The summed E-state index contributed by atoms with van der Waals surface area (Å²) in [6.45, 7) is 6.55. The highest BCUT2D eigenvalue weighted by molar-refractivity contribution is 5.62. The molecule has 0 saturated heterocycles. The molecule has 1 aromatic carbocycles. The van der Waals surface area contributed by atoms with Gasteiger partial charge in [-0.3, -0.25) is 0 Å². The first-order chi connectivity index (χ1) is 15.6. The molecule has 0 bridgehead atoms. The number of nitrogens with two attached hydrogens (primary N) is 1. The number of nitriles is 3. The van der Waals surface area contributed by atoms with Crippen molar-refractivity contribution >= 4 is 0 Å². The van der Waals surface area contributed by atoms with E-state index in [-0.39, 0.29) is 22.6 Å². The number of hydrogen-bond acceptors (Lipinski definition) is 7. The molecule has 0 spiro atoms. The lowest BCUT2D eigenvalue weighted by Gasteiger charge is -2.47. The fourth-order valence-corrected chi connectivity index (χ4v) is 5.24. The summed E-state index contributed by atoms with van der Waals surface area (Å²) >= 11 is 0. The highest BCUT2D eigenvalue weighted by atomic mass is 16.5. The Kier molecular flexibility index (Phi) is 6.35. The van der Waals surface area contributed by atoms with E-state index in [1.807, 2.05) is 0 Å². The Morgan fingerprint density at radius 2 is 1.55 bits per heavy atom. The molecule has 1 aromatic rings. The standard InChI is InChI=1S/C26H30N4O3/c1-25(2,3)15-7-8-16-17(9-15)23(26(13-28,14-29)24(30)19(16)12-27)18-10-21(32-5)22(33-6)11-20(18)31-4/h8,10-11,15,17,23H,7,9,30H2,1-6H3/t15-,17-,23-/m0/s1. The molecule has 0 fully saturated rings. The van der Waals surface area contributed by atoms with E-state index in [0.717, 1.165) is 12.0 Å². The van der Waals surface area contributed by atoms with Crippen LogP contribution in [-0.4, -0.2) is 21.3 Å². The minimum Gasteiger partial charge on any atom is -0.496 e. The van der Waals surface area contributed by atoms with Crippen LogP contribution in [0.15, 0.2) is 35.1 Å². The molecule has 2 aliphatic rings. The summed E-state index contributed by atoms with van der Waals surface area (Å²) in [5.41, 5.74) is 6.38. The van der Waals surface area contributed by atoms with Gasteiger partial charge in [-0.1, -0.05) is 26.8 Å². The maximum absolute atomic E-state index is 10.4. The van der Waals surface area contributed by atoms with Crippen LogP contribution in [0.4, 0.5) is 0 Å². The highest BCUT2D eigenvalue weighted by Crippen LogP contribution is 2.59. The Bertz CT molecular complexity index is 1120. The fraction of sp³-hybridized carbons (Fsp3) is 0.500. The second-order valence-electron chi connectivity index (χ2n) is 9.66. The van der Waals surface area contributed by atoms with E-state index in [1.54, 1.807) is 12.1 Å². The first-order valence-electron chi connectivity index (χ1n) is 10.9. The third-order valence-electron chi connectivity index (χ3n) is 7.17. The molecule has 0 aromatic heterocycles. The topological polar surface area (TPSA) is 125 Å². The highest BCUT2D eigenvalue weighted by Gasteiger charge is 2.56. The lowest BCUT2D eigenvalue weighted by molar-refractivity contribution is 0.169. The zero-order chi connectivity index (χ0) is 24.6. The second-order valence-corrected chi connectivity index (χ2v) is 9.66. The van der Waals surface area contributed by atoms with Gasteiger partial charge >= 0.3 is 0 Å². The third-order valence-corrected chi connectivity index (χ3v) is 7.17. The van der Waals surface area contributed by atoms with Gasteiger partial charge < -0.3 is 19.9 Å². The van der Waals surface area contributed by atoms with Crippen molar-refractivity contribution < 1.29 is 14.2 Å². The van der Waals surface area contributed by atoms with Crippen molar-refractivity contribution in [2.45, 2.75) is 39.5 Å². The van der Waals surface area contributed by atoms with E-state index >= 15 is 0 Å². The largest absolute Gasteiger partial charge is 0.496 e. The Hall–Kier alpha value is -3.63. The van der Waals surface area contributed by atoms with Crippen LogP contribution < -0.4 is 19.9 Å². The molecule has 33 heavy (non-hydrogen) atoms. The fourth-order valence-electron chi connectivity index (χ4n) is 5.24. The van der Waals surface area contributed by atoms with Gasteiger partial charge in [0, 0.05) is 17.5 Å². The van der Waals surface area contributed by atoms with Crippen LogP contribution in [0.25, 0.3) is 0 Å². The monoisotopic (exact) mass is 446 g/mol. The number of benzene rings is 1. The van der Waals surface area contributed by atoms with Gasteiger partial charge in [0.15, 0.2) is 16.9 Å². The molecule has 0 saturated carbocycles. The minimum absolute atomic E-state index is 0.00598. The van der Waals surface area contributed by atoms with E-state index < -0.39 is 11.3 Å². The van der Waals surface area contributed by atoms with E-state index in [9.17, 15) is 15.8 Å². The van der Waals surface area contributed by atoms with Gasteiger partial charge in [0.05, 0.1) is 44.7 Å². The SMILES string of the molecule is COc1cc(OC)c([C@@H]2[C@H]3C[C@@H](C(C)(C)C)CC=C3C(C#N)=C(N)C2(C#N)C#N)cc1OC. The summed E-state index contributed by atoms with van der Waals surface area (Å²) in [6.07, 6.45) is 3.57. The quantitative estimate of drug-likeness (QED) is 0.717. The zero-order valence-corrected chi connectivity index (χ0v) is 20.0. The molecule has 0 amide bonds. The molecule has 2 N–H and O–H groups in total. The maximum atomic E-state index is 10.4. The number of allylic oxidation sites excluding steroid dienone is 4. The number of nitrogens with zero attached hydrogens (tertiary/aromatic N) is 3. The van der Waals surface area contributed by atoms with Crippen LogP contribution in [0.1, 0.15) is 45.1 Å².